The summed E-state index contributed by atoms with van der Waals surface area (Å²) in [6, 6.07) is 6.25. The zero-order valence-electron chi connectivity index (χ0n) is 9.08. The predicted molar refractivity (Wildman–Crippen MR) is 63.4 cm³/mol. The second-order valence-electron chi connectivity index (χ2n) is 3.42. The summed E-state index contributed by atoms with van der Waals surface area (Å²) in [4.78, 5) is 22.3. The molecule has 1 aromatic carbocycles. The molecule has 1 aromatic rings. The minimum atomic E-state index is -0.573. The number of rotatable bonds is 3. The van der Waals surface area contributed by atoms with Crippen LogP contribution in [-0.2, 0) is 9.59 Å². The van der Waals surface area contributed by atoms with Gasteiger partial charge in [-0.25, -0.2) is 0 Å². The van der Waals surface area contributed by atoms with Gasteiger partial charge < -0.3 is 10.6 Å². The Labute approximate surface area is 99.0 Å². The molecule has 0 aliphatic carbocycles. The molecule has 2 N–H and O–H groups in total. The van der Waals surface area contributed by atoms with Gasteiger partial charge in [-0.2, -0.15) is 0 Å². The molecule has 0 fully saturated rings. The lowest BCUT2D eigenvalue weighted by Gasteiger charge is -2.12. The highest BCUT2D eigenvalue weighted by Crippen LogP contribution is 2.14. The van der Waals surface area contributed by atoms with E-state index >= 15 is 0 Å². The topological polar surface area (TPSA) is 58.2 Å². The van der Waals surface area contributed by atoms with Crippen molar-refractivity contribution in [1.29, 1.82) is 0 Å². The minimum absolute atomic E-state index is 0.242. The fourth-order valence-electron chi connectivity index (χ4n) is 1.19. The molecule has 1 atom stereocenters. The number of hydrogen-bond donors (Lipinski definition) is 2. The van der Waals surface area contributed by atoms with Gasteiger partial charge in [-0.15, -0.1) is 0 Å². The van der Waals surface area contributed by atoms with Crippen molar-refractivity contribution in [2.75, 3.05) is 5.32 Å². The van der Waals surface area contributed by atoms with Gasteiger partial charge in [-0.1, -0.05) is 17.7 Å². The summed E-state index contributed by atoms with van der Waals surface area (Å²) in [5, 5.41) is 5.69. The molecule has 4 nitrogen and oxygen atoms in total. The van der Waals surface area contributed by atoms with Gasteiger partial charge in [0, 0.05) is 17.6 Å². The van der Waals surface area contributed by atoms with Crippen LogP contribution in [0.2, 0.25) is 5.02 Å². The molecule has 0 aliphatic heterocycles. The average molecular weight is 241 g/mol. The van der Waals surface area contributed by atoms with E-state index in [0.717, 1.165) is 0 Å². The number of amides is 2. The number of carbonyl (C=O) groups excluding carboxylic acids is 2. The van der Waals surface area contributed by atoms with E-state index in [-0.39, 0.29) is 11.8 Å². The fourth-order valence-corrected chi connectivity index (χ4v) is 1.38. The summed E-state index contributed by atoms with van der Waals surface area (Å²) in [7, 11) is 0. The number of hydrogen-bond acceptors (Lipinski definition) is 2. The van der Waals surface area contributed by atoms with Gasteiger partial charge in [0.15, 0.2) is 0 Å². The van der Waals surface area contributed by atoms with Crippen LogP contribution in [0, 0.1) is 0 Å². The van der Waals surface area contributed by atoms with Crippen molar-refractivity contribution in [1.82, 2.24) is 5.32 Å². The Bertz CT molecular complexity index is 407. The highest BCUT2D eigenvalue weighted by atomic mass is 35.5. The Morgan fingerprint density at radius 3 is 2.62 bits per heavy atom. The van der Waals surface area contributed by atoms with Gasteiger partial charge in [0.25, 0.3) is 0 Å². The van der Waals surface area contributed by atoms with Crippen LogP contribution in [0.15, 0.2) is 24.3 Å². The first-order chi connectivity index (χ1) is 7.49. The van der Waals surface area contributed by atoms with Crippen LogP contribution in [0.3, 0.4) is 0 Å². The van der Waals surface area contributed by atoms with Gasteiger partial charge in [-0.3, -0.25) is 9.59 Å². The lowest BCUT2D eigenvalue weighted by Crippen LogP contribution is -2.40. The SMILES string of the molecule is CC(=O)NC(C)C(=O)Nc1cccc(Cl)c1. The first kappa shape index (κ1) is 12.5. The maximum Gasteiger partial charge on any atom is 0.246 e. The van der Waals surface area contributed by atoms with Crippen LogP contribution < -0.4 is 10.6 Å². The Kier molecular flexibility index (Phi) is 4.31. The fraction of sp³-hybridized carbons (Fsp3) is 0.273. The maximum atomic E-state index is 11.6. The quantitative estimate of drug-likeness (QED) is 0.847. The molecular formula is C11H13ClN2O2. The highest BCUT2D eigenvalue weighted by molar-refractivity contribution is 6.30. The average Bonchev–Trinajstić information content (AvgIpc) is 2.16. The highest BCUT2D eigenvalue weighted by Gasteiger charge is 2.13. The minimum Gasteiger partial charge on any atom is -0.345 e. The van der Waals surface area contributed by atoms with Crippen molar-refractivity contribution in [3.8, 4) is 0 Å². The molecule has 0 aliphatic rings. The van der Waals surface area contributed by atoms with Crippen molar-refractivity contribution in [2.24, 2.45) is 0 Å². The monoisotopic (exact) mass is 240 g/mol. The van der Waals surface area contributed by atoms with E-state index in [0.29, 0.717) is 10.7 Å². The molecule has 0 saturated heterocycles. The van der Waals surface area contributed by atoms with Crippen molar-refractivity contribution >= 4 is 29.1 Å². The molecule has 86 valence electrons. The summed E-state index contributed by atoms with van der Waals surface area (Å²) in [5.74, 6) is -0.522. The Balaban J connectivity index is 2.60. The first-order valence-corrected chi connectivity index (χ1v) is 5.20. The lowest BCUT2D eigenvalue weighted by atomic mass is 10.2. The summed E-state index contributed by atoms with van der Waals surface area (Å²) in [6.45, 7) is 2.98. The molecule has 0 bridgehead atoms. The molecule has 0 radical (unpaired) electrons. The zero-order chi connectivity index (χ0) is 12.1. The smallest absolute Gasteiger partial charge is 0.246 e. The van der Waals surface area contributed by atoms with Crippen LogP contribution >= 0.6 is 11.6 Å². The van der Waals surface area contributed by atoms with E-state index in [1.165, 1.54) is 6.92 Å². The van der Waals surface area contributed by atoms with Gasteiger partial charge in [0.1, 0.15) is 6.04 Å². The second-order valence-corrected chi connectivity index (χ2v) is 3.86. The zero-order valence-corrected chi connectivity index (χ0v) is 9.84. The van der Waals surface area contributed by atoms with E-state index < -0.39 is 6.04 Å². The predicted octanol–water partition coefficient (Wildman–Crippen LogP) is 1.80. The second kappa shape index (κ2) is 5.51. The van der Waals surface area contributed by atoms with Gasteiger partial charge in [0.05, 0.1) is 0 Å². The van der Waals surface area contributed by atoms with Crippen molar-refractivity contribution in [3.05, 3.63) is 29.3 Å². The summed E-state index contributed by atoms with van der Waals surface area (Å²) >= 11 is 5.77. The Morgan fingerprint density at radius 1 is 1.38 bits per heavy atom. The van der Waals surface area contributed by atoms with Gasteiger partial charge >= 0.3 is 0 Å². The number of nitrogens with one attached hydrogen (secondary N) is 2. The van der Waals surface area contributed by atoms with Crippen LogP contribution in [0.25, 0.3) is 0 Å². The summed E-state index contributed by atoms with van der Waals surface area (Å²) in [5.41, 5.74) is 0.606. The third-order valence-corrected chi connectivity index (χ3v) is 2.14. The Hall–Kier alpha value is -1.55. The third kappa shape index (κ3) is 3.90. The number of anilines is 1. The molecule has 1 rings (SSSR count). The Morgan fingerprint density at radius 2 is 2.06 bits per heavy atom. The lowest BCUT2D eigenvalue weighted by molar-refractivity contribution is -0.124. The molecule has 0 aromatic heterocycles. The number of benzene rings is 1. The summed E-state index contributed by atoms with van der Waals surface area (Å²) in [6.07, 6.45) is 0. The van der Waals surface area contributed by atoms with Crippen LogP contribution in [-0.4, -0.2) is 17.9 Å². The molecule has 16 heavy (non-hydrogen) atoms. The molecule has 0 spiro atoms. The molecule has 5 heteroatoms. The third-order valence-electron chi connectivity index (χ3n) is 1.91. The number of halogens is 1. The molecule has 1 unspecified atom stereocenters. The maximum absolute atomic E-state index is 11.6. The first-order valence-electron chi connectivity index (χ1n) is 4.82. The normalized spacial score (nSPS) is 11.7. The van der Waals surface area contributed by atoms with Crippen molar-refractivity contribution in [2.45, 2.75) is 19.9 Å². The van der Waals surface area contributed by atoms with Crippen LogP contribution in [0.4, 0.5) is 5.69 Å². The molecule has 0 saturated carbocycles. The van der Waals surface area contributed by atoms with Gasteiger partial charge in [-0.05, 0) is 25.1 Å². The van der Waals surface area contributed by atoms with E-state index in [4.69, 9.17) is 11.6 Å². The van der Waals surface area contributed by atoms with E-state index in [2.05, 4.69) is 10.6 Å². The van der Waals surface area contributed by atoms with Crippen LogP contribution in [0.5, 0.6) is 0 Å². The van der Waals surface area contributed by atoms with Gasteiger partial charge in [0.2, 0.25) is 11.8 Å². The van der Waals surface area contributed by atoms with E-state index in [9.17, 15) is 9.59 Å². The molecule has 2 amide bonds. The van der Waals surface area contributed by atoms with Crippen molar-refractivity contribution < 1.29 is 9.59 Å². The largest absolute Gasteiger partial charge is 0.345 e. The van der Waals surface area contributed by atoms with Crippen molar-refractivity contribution in [3.63, 3.8) is 0 Å². The van der Waals surface area contributed by atoms with Crippen LogP contribution in [0.1, 0.15) is 13.8 Å². The standard InChI is InChI=1S/C11H13ClN2O2/c1-7(13-8(2)15)11(16)14-10-5-3-4-9(12)6-10/h3-7H,1-2H3,(H,13,15)(H,14,16). The summed E-state index contributed by atoms with van der Waals surface area (Å²) < 4.78 is 0. The molecule has 0 heterocycles. The van der Waals surface area contributed by atoms with E-state index in [1.54, 1.807) is 31.2 Å². The van der Waals surface area contributed by atoms with E-state index in [1.807, 2.05) is 0 Å². The number of carbonyl (C=O) groups is 2. The molecular weight excluding hydrogens is 228 g/mol.